The number of hydrogen-bond acceptors (Lipinski definition) is 2. The third-order valence-electron chi connectivity index (χ3n) is 3.33. The van der Waals surface area contributed by atoms with Crippen molar-refractivity contribution >= 4 is 5.97 Å². The molecule has 0 aromatic rings. The fourth-order valence-electron chi connectivity index (χ4n) is 2.08. The van der Waals surface area contributed by atoms with Crippen molar-refractivity contribution in [2.45, 2.75) is 84.0 Å². The number of rotatable bonds is 14. The molecule has 0 amide bonds. The average molecular weight is 319 g/mol. The van der Waals surface area contributed by atoms with Gasteiger partial charge in [0.15, 0.2) is 0 Å². The summed E-state index contributed by atoms with van der Waals surface area (Å²) in [4.78, 5) is 10.2. The fourth-order valence-corrected chi connectivity index (χ4v) is 2.08. The van der Waals surface area contributed by atoms with Crippen molar-refractivity contribution in [3.63, 3.8) is 0 Å². The summed E-state index contributed by atoms with van der Waals surface area (Å²) in [5.74, 6) is -0.921. The standard InChI is InChI=1S/C18H32O2.K/c1-2-3-4-5-6-7-8-9-10-11-12-13-14-15-16-17-18(19)20;/h6-7,9-10H,2-5,8,11-17H2,1H3,(H,19,20);/q;+1/p-1. The molecule has 21 heavy (non-hydrogen) atoms. The van der Waals surface area contributed by atoms with E-state index < -0.39 is 5.97 Å². The molecule has 2 nitrogen and oxygen atoms in total. The molecule has 3 heteroatoms. The van der Waals surface area contributed by atoms with E-state index in [0.29, 0.717) is 0 Å². The minimum atomic E-state index is -0.921. The molecule has 0 spiro atoms. The van der Waals surface area contributed by atoms with Crippen molar-refractivity contribution in [3.05, 3.63) is 24.3 Å². The topological polar surface area (TPSA) is 40.1 Å². The van der Waals surface area contributed by atoms with E-state index in [0.717, 1.165) is 32.1 Å². The minimum absolute atomic E-state index is 0. The number of aliphatic carboxylic acids is 1. The largest absolute Gasteiger partial charge is 1.00 e. The maximum absolute atomic E-state index is 10.2. The van der Waals surface area contributed by atoms with Crippen LogP contribution in [-0.4, -0.2) is 5.97 Å². The zero-order chi connectivity index (χ0) is 14.9. The Balaban J connectivity index is 0. The predicted octanol–water partition coefficient (Wildman–Crippen LogP) is 1.55. The fraction of sp³-hybridized carbons (Fsp3) is 0.722. The van der Waals surface area contributed by atoms with Crippen LogP contribution in [0, 0.1) is 0 Å². The molecule has 0 aromatic carbocycles. The van der Waals surface area contributed by atoms with Crippen molar-refractivity contribution in [1.82, 2.24) is 0 Å². The molecule has 116 valence electrons. The van der Waals surface area contributed by atoms with E-state index in [9.17, 15) is 9.90 Å². The van der Waals surface area contributed by atoms with Gasteiger partial charge in [0.25, 0.3) is 0 Å². The zero-order valence-corrected chi connectivity index (χ0v) is 17.2. The van der Waals surface area contributed by atoms with Crippen LogP contribution in [0.15, 0.2) is 24.3 Å². The third kappa shape index (κ3) is 23.0. The Kier molecular flexibility index (Phi) is 23.4. The molecule has 0 heterocycles. The summed E-state index contributed by atoms with van der Waals surface area (Å²) in [7, 11) is 0. The molecule has 0 fully saturated rings. The van der Waals surface area contributed by atoms with Crippen molar-refractivity contribution in [3.8, 4) is 0 Å². The van der Waals surface area contributed by atoms with Crippen LogP contribution in [0.5, 0.6) is 0 Å². The second-order valence-electron chi connectivity index (χ2n) is 5.35. The first kappa shape index (κ1) is 23.8. The number of hydrogen-bond donors (Lipinski definition) is 0. The first-order valence-electron chi connectivity index (χ1n) is 8.27. The number of unbranched alkanes of at least 4 members (excludes halogenated alkanes) is 8. The van der Waals surface area contributed by atoms with Crippen molar-refractivity contribution in [2.24, 2.45) is 0 Å². The summed E-state index contributed by atoms with van der Waals surface area (Å²) in [5, 5.41) is 10.2. The van der Waals surface area contributed by atoms with Crippen LogP contribution in [0.2, 0.25) is 0 Å². The van der Waals surface area contributed by atoms with E-state index >= 15 is 0 Å². The van der Waals surface area contributed by atoms with Crippen LogP contribution in [0.4, 0.5) is 0 Å². The van der Waals surface area contributed by atoms with Gasteiger partial charge in [-0.25, -0.2) is 0 Å². The molecule has 0 radical (unpaired) electrons. The van der Waals surface area contributed by atoms with Crippen molar-refractivity contribution < 1.29 is 61.3 Å². The molecule has 0 saturated heterocycles. The molecule has 0 aliphatic rings. The molecule has 0 unspecified atom stereocenters. The number of carbonyl (C=O) groups is 1. The van der Waals surface area contributed by atoms with E-state index in [-0.39, 0.29) is 57.8 Å². The summed E-state index contributed by atoms with van der Waals surface area (Å²) in [6.07, 6.45) is 21.9. The molecule has 0 aliphatic carbocycles. The molecule has 0 saturated carbocycles. The van der Waals surface area contributed by atoms with Gasteiger partial charge in [-0.1, -0.05) is 63.3 Å². The van der Waals surface area contributed by atoms with E-state index in [2.05, 4.69) is 31.2 Å². The molecular weight excluding hydrogens is 287 g/mol. The Hall–Kier alpha value is 0.586. The Morgan fingerprint density at radius 3 is 1.90 bits per heavy atom. The van der Waals surface area contributed by atoms with Crippen LogP contribution < -0.4 is 56.5 Å². The van der Waals surface area contributed by atoms with Crippen LogP contribution in [-0.2, 0) is 4.79 Å². The molecule has 0 bridgehead atoms. The Morgan fingerprint density at radius 1 is 0.810 bits per heavy atom. The minimum Gasteiger partial charge on any atom is -0.550 e. The van der Waals surface area contributed by atoms with Crippen molar-refractivity contribution in [1.29, 1.82) is 0 Å². The van der Waals surface area contributed by atoms with Gasteiger partial charge in [0.1, 0.15) is 0 Å². The maximum atomic E-state index is 10.2. The third-order valence-corrected chi connectivity index (χ3v) is 3.33. The average Bonchev–Trinajstić information content (AvgIpc) is 2.43. The first-order chi connectivity index (χ1) is 9.77. The summed E-state index contributed by atoms with van der Waals surface area (Å²) >= 11 is 0. The molecule has 0 N–H and O–H groups in total. The second kappa shape index (κ2) is 20.6. The Bertz CT molecular complexity index is 272. The molecular formula is C18H31KO2. The van der Waals surface area contributed by atoms with Gasteiger partial charge >= 0.3 is 51.4 Å². The molecule has 0 aliphatic heterocycles. The number of carboxylic acid groups (broad SMARTS) is 1. The zero-order valence-electron chi connectivity index (χ0n) is 14.1. The molecule has 0 rings (SSSR count). The van der Waals surface area contributed by atoms with E-state index in [1.54, 1.807) is 0 Å². The van der Waals surface area contributed by atoms with Crippen LogP contribution in [0.25, 0.3) is 0 Å². The van der Waals surface area contributed by atoms with Gasteiger partial charge in [0.05, 0.1) is 0 Å². The Morgan fingerprint density at radius 2 is 1.33 bits per heavy atom. The summed E-state index contributed by atoms with van der Waals surface area (Å²) in [6, 6.07) is 0. The van der Waals surface area contributed by atoms with E-state index in [1.807, 2.05) is 0 Å². The van der Waals surface area contributed by atoms with Gasteiger partial charge < -0.3 is 9.90 Å². The maximum Gasteiger partial charge on any atom is 1.00 e. The van der Waals surface area contributed by atoms with E-state index in [4.69, 9.17) is 0 Å². The van der Waals surface area contributed by atoms with Gasteiger partial charge in [0, 0.05) is 5.97 Å². The number of carbonyl (C=O) groups excluding carboxylic acids is 1. The van der Waals surface area contributed by atoms with Gasteiger partial charge in [0.2, 0.25) is 0 Å². The second-order valence-corrected chi connectivity index (χ2v) is 5.35. The molecule has 0 atom stereocenters. The van der Waals surface area contributed by atoms with E-state index in [1.165, 1.54) is 38.5 Å². The summed E-state index contributed by atoms with van der Waals surface area (Å²) < 4.78 is 0. The number of carboxylic acids is 1. The monoisotopic (exact) mass is 318 g/mol. The van der Waals surface area contributed by atoms with Crippen LogP contribution in [0.1, 0.15) is 84.0 Å². The van der Waals surface area contributed by atoms with Gasteiger partial charge in [-0.2, -0.15) is 0 Å². The van der Waals surface area contributed by atoms with Gasteiger partial charge in [-0.05, 0) is 44.9 Å². The summed E-state index contributed by atoms with van der Waals surface area (Å²) in [5.41, 5.74) is 0. The first-order valence-corrected chi connectivity index (χ1v) is 8.27. The van der Waals surface area contributed by atoms with Gasteiger partial charge in [-0.3, -0.25) is 0 Å². The smallest absolute Gasteiger partial charge is 0.550 e. The number of allylic oxidation sites excluding steroid dienone is 4. The predicted molar refractivity (Wildman–Crippen MR) is 84.4 cm³/mol. The SMILES string of the molecule is CCCCCC=CCC=CCCCCCCCC(=O)[O-].[K+]. The summed E-state index contributed by atoms with van der Waals surface area (Å²) in [6.45, 7) is 2.23. The molecule has 0 aromatic heterocycles. The Labute approximate surface area is 173 Å². The van der Waals surface area contributed by atoms with Crippen molar-refractivity contribution in [2.75, 3.05) is 0 Å². The quantitative estimate of drug-likeness (QED) is 0.277. The normalized spacial score (nSPS) is 11.1. The van der Waals surface area contributed by atoms with Crippen LogP contribution in [0.3, 0.4) is 0 Å². The van der Waals surface area contributed by atoms with Gasteiger partial charge in [-0.15, -0.1) is 0 Å². The van der Waals surface area contributed by atoms with Crippen LogP contribution >= 0.6 is 0 Å².